The van der Waals surface area contributed by atoms with Crippen molar-refractivity contribution in [1.82, 2.24) is 25.0 Å². The zero-order chi connectivity index (χ0) is 15.1. The minimum Gasteiger partial charge on any atom is -0.388 e. The number of aliphatic hydroxyl groups is 3. The highest BCUT2D eigenvalue weighted by atomic mass is 32.2. The third-order valence-electron chi connectivity index (χ3n) is 3.22. The average Bonchev–Trinajstić information content (AvgIpc) is 2.89. The van der Waals surface area contributed by atoms with E-state index in [1.165, 1.54) is 11.8 Å². The monoisotopic (exact) mass is 315 g/mol. The summed E-state index contributed by atoms with van der Waals surface area (Å²) in [6.45, 7) is -0.178. The van der Waals surface area contributed by atoms with Crippen LogP contribution in [-0.4, -0.2) is 71.5 Å². The van der Waals surface area contributed by atoms with E-state index in [1.807, 2.05) is 0 Å². The van der Waals surface area contributed by atoms with Gasteiger partial charge in [-0.25, -0.2) is 4.98 Å². The Hall–Kier alpha value is -1.53. The van der Waals surface area contributed by atoms with Crippen molar-refractivity contribution in [3.8, 4) is 0 Å². The van der Waals surface area contributed by atoms with Gasteiger partial charge in [0.1, 0.15) is 18.3 Å². The van der Waals surface area contributed by atoms with Gasteiger partial charge in [-0.15, -0.1) is 5.10 Å². The van der Waals surface area contributed by atoms with Crippen LogP contribution >= 0.6 is 11.8 Å². The first-order valence-electron chi connectivity index (χ1n) is 6.08. The summed E-state index contributed by atoms with van der Waals surface area (Å²) in [6, 6.07) is 0. The molecule has 3 rings (SSSR count). The third kappa shape index (κ3) is 2.32. The molecule has 11 heteroatoms. The second-order valence-corrected chi connectivity index (χ2v) is 5.35. The predicted octanol–water partition coefficient (Wildman–Crippen LogP) is -2.15. The van der Waals surface area contributed by atoms with Crippen molar-refractivity contribution >= 4 is 22.9 Å². The molecular weight excluding hydrogens is 302 g/mol. The molecular formula is C10H13N5O5S. The van der Waals surface area contributed by atoms with Crippen molar-refractivity contribution in [2.75, 3.05) is 12.9 Å². The SMILES string of the molecule is CSc1nc2c(nnn2[C@H]2OC[C@@H](O)[C@@H](O)[C@H]2O)c(=O)[nH]1. The van der Waals surface area contributed by atoms with Crippen LogP contribution < -0.4 is 5.56 Å². The summed E-state index contributed by atoms with van der Waals surface area (Å²) in [5.41, 5.74) is -0.318. The van der Waals surface area contributed by atoms with Gasteiger partial charge in [-0.2, -0.15) is 4.68 Å². The first-order chi connectivity index (χ1) is 10.0. The van der Waals surface area contributed by atoms with Crippen LogP contribution in [0.15, 0.2) is 9.95 Å². The number of aromatic amines is 1. The van der Waals surface area contributed by atoms with Gasteiger partial charge in [-0.05, 0) is 6.26 Å². The summed E-state index contributed by atoms with van der Waals surface area (Å²) in [7, 11) is 0. The molecule has 4 atom stereocenters. The Bertz CT molecular complexity index is 717. The minimum atomic E-state index is -1.42. The summed E-state index contributed by atoms with van der Waals surface area (Å²) in [4.78, 5) is 18.5. The summed E-state index contributed by atoms with van der Waals surface area (Å²) >= 11 is 1.23. The van der Waals surface area contributed by atoms with Crippen LogP contribution in [0, 0.1) is 0 Å². The number of nitrogens with one attached hydrogen (secondary N) is 1. The lowest BCUT2D eigenvalue weighted by Gasteiger charge is -2.34. The van der Waals surface area contributed by atoms with E-state index in [0.29, 0.717) is 5.16 Å². The van der Waals surface area contributed by atoms with Gasteiger partial charge in [0.25, 0.3) is 5.56 Å². The van der Waals surface area contributed by atoms with E-state index in [9.17, 15) is 20.1 Å². The molecule has 10 nitrogen and oxygen atoms in total. The van der Waals surface area contributed by atoms with Crippen LogP contribution in [0.3, 0.4) is 0 Å². The molecule has 1 aliphatic heterocycles. The van der Waals surface area contributed by atoms with Crippen LogP contribution in [0.5, 0.6) is 0 Å². The zero-order valence-corrected chi connectivity index (χ0v) is 11.7. The van der Waals surface area contributed by atoms with Gasteiger partial charge in [0.15, 0.2) is 22.5 Å². The van der Waals surface area contributed by atoms with Gasteiger partial charge in [0, 0.05) is 0 Å². The Morgan fingerprint density at radius 1 is 1.38 bits per heavy atom. The molecule has 21 heavy (non-hydrogen) atoms. The maximum atomic E-state index is 11.8. The van der Waals surface area contributed by atoms with E-state index in [-0.39, 0.29) is 17.8 Å². The van der Waals surface area contributed by atoms with Gasteiger partial charge in [0.05, 0.1) is 6.61 Å². The molecule has 1 fully saturated rings. The zero-order valence-electron chi connectivity index (χ0n) is 10.9. The molecule has 4 N–H and O–H groups in total. The maximum absolute atomic E-state index is 11.8. The second kappa shape index (κ2) is 5.35. The minimum absolute atomic E-state index is 0.00390. The quantitative estimate of drug-likeness (QED) is 0.359. The highest BCUT2D eigenvalue weighted by molar-refractivity contribution is 7.98. The normalized spacial score (nSPS) is 29.9. The van der Waals surface area contributed by atoms with Crippen LogP contribution in [0.1, 0.15) is 6.23 Å². The third-order valence-corrected chi connectivity index (χ3v) is 3.80. The van der Waals surface area contributed by atoms with E-state index in [4.69, 9.17) is 4.74 Å². The fourth-order valence-electron chi connectivity index (χ4n) is 2.09. The summed E-state index contributed by atoms with van der Waals surface area (Å²) in [5, 5.41) is 37.0. The number of fused-ring (bicyclic) bond motifs is 1. The lowest BCUT2D eigenvalue weighted by atomic mass is 10.0. The first kappa shape index (κ1) is 14.4. The number of hydrogen-bond acceptors (Lipinski definition) is 9. The van der Waals surface area contributed by atoms with E-state index in [0.717, 1.165) is 4.68 Å². The number of nitrogens with zero attached hydrogens (tertiary/aromatic N) is 4. The standard InChI is InChI=1S/C10H13N5O5S/c1-21-10-11-7-4(8(19)12-10)13-14-15(7)9-6(18)5(17)3(16)2-20-9/h3,5-6,9,16-18H,2H2,1H3,(H,11,12,19)/t3-,5-,6-,9+/m1/s1. The van der Waals surface area contributed by atoms with Crippen molar-refractivity contribution in [3.05, 3.63) is 10.4 Å². The predicted molar refractivity (Wildman–Crippen MR) is 70.7 cm³/mol. The summed E-state index contributed by atoms with van der Waals surface area (Å²) < 4.78 is 6.41. The van der Waals surface area contributed by atoms with E-state index in [1.54, 1.807) is 6.26 Å². The van der Waals surface area contributed by atoms with Crippen LogP contribution in [0.4, 0.5) is 0 Å². The molecule has 114 valence electrons. The molecule has 0 radical (unpaired) electrons. The Balaban J connectivity index is 2.08. The fraction of sp³-hybridized carbons (Fsp3) is 0.600. The molecule has 0 bridgehead atoms. The number of H-pyrrole nitrogens is 1. The van der Waals surface area contributed by atoms with Gasteiger partial charge in [0.2, 0.25) is 0 Å². The van der Waals surface area contributed by atoms with Crippen molar-refractivity contribution < 1.29 is 20.1 Å². The molecule has 1 saturated heterocycles. The summed E-state index contributed by atoms with van der Waals surface area (Å²) in [5.74, 6) is 0. The van der Waals surface area contributed by atoms with E-state index in [2.05, 4.69) is 20.3 Å². The Morgan fingerprint density at radius 2 is 2.14 bits per heavy atom. The molecule has 2 aromatic rings. The molecule has 1 aliphatic rings. The van der Waals surface area contributed by atoms with E-state index < -0.39 is 30.1 Å². The topological polar surface area (TPSA) is 146 Å². The number of ether oxygens (including phenoxy) is 1. The van der Waals surface area contributed by atoms with Gasteiger partial charge in [-0.3, -0.25) is 9.78 Å². The van der Waals surface area contributed by atoms with Crippen molar-refractivity contribution in [3.63, 3.8) is 0 Å². The van der Waals surface area contributed by atoms with Crippen LogP contribution in [-0.2, 0) is 4.74 Å². The number of aromatic nitrogens is 5. The number of aliphatic hydroxyl groups excluding tert-OH is 3. The lowest BCUT2D eigenvalue weighted by molar-refractivity contribution is -0.213. The Labute approximate surface area is 121 Å². The highest BCUT2D eigenvalue weighted by Gasteiger charge is 2.40. The lowest BCUT2D eigenvalue weighted by Crippen LogP contribution is -2.50. The second-order valence-electron chi connectivity index (χ2n) is 4.55. The summed E-state index contributed by atoms with van der Waals surface area (Å²) in [6.07, 6.45) is -3.34. The molecule has 0 unspecified atom stereocenters. The number of hydrogen-bond donors (Lipinski definition) is 4. The number of rotatable bonds is 2. The van der Waals surface area contributed by atoms with Gasteiger partial charge < -0.3 is 20.1 Å². The molecule has 0 aliphatic carbocycles. The molecule has 0 saturated carbocycles. The Morgan fingerprint density at radius 3 is 2.86 bits per heavy atom. The maximum Gasteiger partial charge on any atom is 0.281 e. The van der Waals surface area contributed by atoms with Crippen molar-refractivity contribution in [1.29, 1.82) is 0 Å². The molecule has 3 heterocycles. The number of thioether (sulfide) groups is 1. The van der Waals surface area contributed by atoms with Crippen LogP contribution in [0.2, 0.25) is 0 Å². The largest absolute Gasteiger partial charge is 0.388 e. The average molecular weight is 315 g/mol. The van der Waals surface area contributed by atoms with Crippen LogP contribution in [0.25, 0.3) is 11.2 Å². The smallest absolute Gasteiger partial charge is 0.281 e. The van der Waals surface area contributed by atoms with Gasteiger partial charge >= 0.3 is 0 Å². The van der Waals surface area contributed by atoms with E-state index >= 15 is 0 Å². The van der Waals surface area contributed by atoms with Crippen molar-refractivity contribution in [2.45, 2.75) is 29.7 Å². The molecule has 2 aromatic heterocycles. The first-order valence-corrected chi connectivity index (χ1v) is 7.30. The highest BCUT2D eigenvalue weighted by Crippen LogP contribution is 2.25. The van der Waals surface area contributed by atoms with Crippen molar-refractivity contribution in [2.24, 2.45) is 0 Å². The van der Waals surface area contributed by atoms with Gasteiger partial charge in [-0.1, -0.05) is 17.0 Å². The molecule has 0 aromatic carbocycles. The molecule has 0 amide bonds. The molecule has 0 spiro atoms. The Kier molecular flexibility index (Phi) is 3.67. The fourth-order valence-corrected chi connectivity index (χ4v) is 2.47.